The van der Waals surface area contributed by atoms with Gasteiger partial charge in [-0.05, 0) is 24.1 Å². The van der Waals surface area contributed by atoms with E-state index in [1.807, 2.05) is 0 Å². The number of halogens is 1. The van der Waals surface area contributed by atoms with E-state index in [0.717, 1.165) is 0 Å². The lowest BCUT2D eigenvalue weighted by atomic mass is 10.1. The van der Waals surface area contributed by atoms with Crippen LogP contribution in [0.3, 0.4) is 0 Å². The summed E-state index contributed by atoms with van der Waals surface area (Å²) in [6.07, 6.45) is 1.75. The molecule has 2 heterocycles. The third-order valence-corrected chi connectivity index (χ3v) is 5.66. The monoisotopic (exact) mass is 358 g/mol. The zero-order valence-corrected chi connectivity index (χ0v) is 13.7. The molecule has 7 nitrogen and oxygen atoms in total. The number of amides is 1. The molecule has 0 radical (unpaired) electrons. The number of hydrogen-bond acceptors (Lipinski definition) is 6. The van der Waals surface area contributed by atoms with Crippen molar-refractivity contribution < 1.29 is 22.7 Å². The summed E-state index contributed by atoms with van der Waals surface area (Å²) >= 11 is 6.10. The topological polar surface area (TPSA) is 94.1 Å². The number of carbonyl (C=O) groups is 1. The zero-order valence-electron chi connectivity index (χ0n) is 12.1. The maximum absolute atomic E-state index is 11.9. The standard InChI is InChI=1S/C14H15ClN2O5S/c15-11-5-9(6-12-13(11)22-3-2-21-12)7-16-17-14(18)10-1-4-23(19,20)8-10/h5-7,10H,1-4,8H2,(H,17,18)/b16-7-/t10-/m1/s1. The van der Waals surface area contributed by atoms with Crippen molar-refractivity contribution in [1.82, 2.24) is 5.43 Å². The average Bonchev–Trinajstić information content (AvgIpc) is 2.87. The van der Waals surface area contributed by atoms with Gasteiger partial charge in [0, 0.05) is 0 Å². The normalized spacial score (nSPS) is 22.2. The number of ether oxygens (including phenoxy) is 2. The van der Waals surface area contributed by atoms with Gasteiger partial charge in [-0.1, -0.05) is 11.6 Å². The van der Waals surface area contributed by atoms with Crippen molar-refractivity contribution in [3.8, 4) is 11.5 Å². The van der Waals surface area contributed by atoms with Crippen molar-refractivity contribution >= 4 is 33.6 Å². The van der Waals surface area contributed by atoms with Gasteiger partial charge in [0.2, 0.25) is 5.91 Å². The van der Waals surface area contributed by atoms with Gasteiger partial charge in [-0.15, -0.1) is 0 Å². The van der Waals surface area contributed by atoms with E-state index in [9.17, 15) is 13.2 Å². The highest BCUT2D eigenvalue weighted by Gasteiger charge is 2.32. The largest absolute Gasteiger partial charge is 0.486 e. The van der Waals surface area contributed by atoms with Crippen LogP contribution in [0.15, 0.2) is 17.2 Å². The molecule has 1 saturated heterocycles. The van der Waals surface area contributed by atoms with Gasteiger partial charge in [-0.25, -0.2) is 13.8 Å². The molecule has 0 bridgehead atoms. The predicted octanol–water partition coefficient (Wildman–Crippen LogP) is 0.996. The first-order valence-electron chi connectivity index (χ1n) is 7.07. The third kappa shape index (κ3) is 3.76. The van der Waals surface area contributed by atoms with Crippen molar-refractivity contribution in [2.45, 2.75) is 6.42 Å². The van der Waals surface area contributed by atoms with Gasteiger partial charge in [0.15, 0.2) is 21.3 Å². The molecule has 1 aromatic rings. The van der Waals surface area contributed by atoms with Crippen LogP contribution in [0.25, 0.3) is 0 Å². The van der Waals surface area contributed by atoms with Crippen LogP contribution in [0.2, 0.25) is 5.02 Å². The molecular formula is C14H15ClN2O5S. The molecule has 3 rings (SSSR count). The molecule has 0 spiro atoms. The second kappa shape index (κ2) is 6.37. The fourth-order valence-electron chi connectivity index (χ4n) is 2.47. The number of fused-ring (bicyclic) bond motifs is 1. The molecule has 1 N–H and O–H groups in total. The summed E-state index contributed by atoms with van der Waals surface area (Å²) in [5, 5.41) is 4.25. The number of benzene rings is 1. The van der Waals surface area contributed by atoms with E-state index in [1.54, 1.807) is 12.1 Å². The Morgan fingerprint density at radius 3 is 2.87 bits per heavy atom. The maximum Gasteiger partial charge on any atom is 0.244 e. The summed E-state index contributed by atoms with van der Waals surface area (Å²) in [6.45, 7) is 0.886. The van der Waals surface area contributed by atoms with Crippen molar-refractivity contribution in [3.63, 3.8) is 0 Å². The van der Waals surface area contributed by atoms with Gasteiger partial charge in [0.25, 0.3) is 0 Å². The van der Waals surface area contributed by atoms with Gasteiger partial charge in [0.1, 0.15) is 13.2 Å². The van der Waals surface area contributed by atoms with Gasteiger partial charge in [0.05, 0.1) is 28.7 Å². The number of hydrogen-bond donors (Lipinski definition) is 1. The van der Waals surface area contributed by atoms with E-state index in [1.165, 1.54) is 6.21 Å². The Hall–Kier alpha value is -1.80. The minimum atomic E-state index is -3.09. The molecule has 2 aliphatic rings. The zero-order chi connectivity index (χ0) is 16.4. The molecule has 1 amide bonds. The second-order valence-electron chi connectivity index (χ2n) is 5.36. The molecule has 0 unspecified atom stereocenters. The van der Waals surface area contributed by atoms with E-state index >= 15 is 0 Å². The van der Waals surface area contributed by atoms with Crippen LogP contribution >= 0.6 is 11.6 Å². The molecule has 1 atom stereocenters. The Kier molecular flexibility index (Phi) is 4.45. The van der Waals surface area contributed by atoms with Crippen molar-refractivity contribution in [3.05, 3.63) is 22.7 Å². The Morgan fingerprint density at radius 2 is 2.13 bits per heavy atom. The van der Waals surface area contributed by atoms with Gasteiger partial charge < -0.3 is 9.47 Å². The molecule has 23 heavy (non-hydrogen) atoms. The van der Waals surface area contributed by atoms with Crippen molar-refractivity contribution in [1.29, 1.82) is 0 Å². The average molecular weight is 359 g/mol. The first kappa shape index (κ1) is 16.1. The van der Waals surface area contributed by atoms with Crippen LogP contribution < -0.4 is 14.9 Å². The summed E-state index contributed by atoms with van der Waals surface area (Å²) < 4.78 is 33.6. The summed E-state index contributed by atoms with van der Waals surface area (Å²) in [5.74, 6) is 0.0113. The fraction of sp³-hybridized carbons (Fsp3) is 0.429. The predicted molar refractivity (Wildman–Crippen MR) is 84.9 cm³/mol. The van der Waals surface area contributed by atoms with E-state index in [0.29, 0.717) is 41.7 Å². The Morgan fingerprint density at radius 1 is 1.35 bits per heavy atom. The quantitative estimate of drug-likeness (QED) is 0.642. The minimum absolute atomic E-state index is 0.0482. The lowest BCUT2D eigenvalue weighted by Gasteiger charge is -2.19. The highest BCUT2D eigenvalue weighted by Crippen LogP contribution is 2.37. The van der Waals surface area contributed by atoms with Crippen molar-refractivity contribution in [2.24, 2.45) is 11.0 Å². The van der Waals surface area contributed by atoms with Gasteiger partial charge in [-0.3, -0.25) is 4.79 Å². The smallest absolute Gasteiger partial charge is 0.244 e. The van der Waals surface area contributed by atoms with Crippen LogP contribution in [0, 0.1) is 5.92 Å². The Labute approximate surface area is 138 Å². The first-order valence-corrected chi connectivity index (χ1v) is 9.27. The van der Waals surface area contributed by atoms with Crippen LogP contribution in [0.4, 0.5) is 0 Å². The fourth-order valence-corrected chi connectivity index (χ4v) is 4.48. The van der Waals surface area contributed by atoms with Crippen molar-refractivity contribution in [2.75, 3.05) is 24.7 Å². The summed E-state index contributed by atoms with van der Waals surface area (Å²) in [6, 6.07) is 3.35. The lowest BCUT2D eigenvalue weighted by Crippen LogP contribution is -2.27. The highest BCUT2D eigenvalue weighted by atomic mass is 35.5. The Bertz CT molecular complexity index is 763. The van der Waals surface area contributed by atoms with Gasteiger partial charge in [-0.2, -0.15) is 5.10 Å². The van der Waals surface area contributed by atoms with E-state index in [4.69, 9.17) is 21.1 Å². The second-order valence-corrected chi connectivity index (χ2v) is 8.00. The highest BCUT2D eigenvalue weighted by molar-refractivity contribution is 7.91. The number of sulfone groups is 1. The van der Waals surface area contributed by atoms with Crippen LogP contribution in [-0.2, 0) is 14.6 Å². The number of nitrogens with one attached hydrogen (secondary N) is 1. The molecule has 1 fully saturated rings. The molecule has 0 saturated carbocycles. The number of nitrogens with zero attached hydrogens (tertiary/aromatic N) is 1. The third-order valence-electron chi connectivity index (χ3n) is 3.61. The van der Waals surface area contributed by atoms with Gasteiger partial charge >= 0.3 is 0 Å². The SMILES string of the molecule is O=C(N/N=C\c1cc(Cl)c2c(c1)OCCO2)[C@@H]1CCS(=O)(=O)C1. The molecule has 0 aliphatic carbocycles. The molecular weight excluding hydrogens is 344 g/mol. The van der Waals surface area contributed by atoms with Crippen LogP contribution in [0.1, 0.15) is 12.0 Å². The van der Waals surface area contributed by atoms with Crippen LogP contribution in [0.5, 0.6) is 11.5 Å². The lowest BCUT2D eigenvalue weighted by molar-refractivity contribution is -0.124. The molecule has 0 aromatic heterocycles. The number of hydrazone groups is 1. The molecule has 2 aliphatic heterocycles. The molecule has 1 aromatic carbocycles. The molecule has 9 heteroatoms. The van der Waals surface area contributed by atoms with Crippen LogP contribution in [-0.4, -0.2) is 45.3 Å². The maximum atomic E-state index is 11.9. The molecule has 124 valence electrons. The summed E-state index contributed by atoms with van der Waals surface area (Å²) in [5.41, 5.74) is 3.00. The number of rotatable bonds is 3. The minimum Gasteiger partial charge on any atom is -0.486 e. The summed E-state index contributed by atoms with van der Waals surface area (Å²) in [4.78, 5) is 11.9. The van der Waals surface area contributed by atoms with E-state index in [-0.39, 0.29) is 11.5 Å². The van der Waals surface area contributed by atoms with E-state index in [2.05, 4.69) is 10.5 Å². The summed E-state index contributed by atoms with van der Waals surface area (Å²) in [7, 11) is -3.09. The first-order chi connectivity index (χ1) is 10.9. The number of carbonyl (C=O) groups excluding carboxylic acids is 1. The van der Waals surface area contributed by atoms with E-state index < -0.39 is 21.7 Å². The Balaban J connectivity index is 1.64.